The van der Waals surface area contributed by atoms with Crippen molar-refractivity contribution in [1.82, 2.24) is 10.2 Å². The van der Waals surface area contributed by atoms with Crippen molar-refractivity contribution in [3.8, 4) is 11.8 Å². The molecule has 154 valence electrons. The minimum atomic E-state index is 0.140. The third-order valence-electron chi connectivity index (χ3n) is 7.50. The molecule has 2 nitrogen and oxygen atoms in total. The Bertz CT molecular complexity index is 721. The quantitative estimate of drug-likeness (QED) is 0.604. The molecule has 28 heavy (non-hydrogen) atoms. The van der Waals surface area contributed by atoms with E-state index in [0.717, 1.165) is 19.4 Å². The lowest BCUT2D eigenvalue weighted by molar-refractivity contribution is 0.180. The molecule has 0 amide bonds. The molecule has 0 aromatic rings. The van der Waals surface area contributed by atoms with Gasteiger partial charge in [0.15, 0.2) is 0 Å². The molecule has 3 aliphatic rings. The first kappa shape index (κ1) is 21.3. The lowest BCUT2D eigenvalue weighted by Crippen LogP contribution is -2.43. The van der Waals surface area contributed by atoms with Crippen LogP contribution < -0.4 is 5.32 Å². The highest BCUT2D eigenvalue weighted by atomic mass is 15.1. The fourth-order valence-electron chi connectivity index (χ4n) is 5.48. The molecule has 2 fully saturated rings. The van der Waals surface area contributed by atoms with Crippen molar-refractivity contribution < 1.29 is 0 Å². The second kappa shape index (κ2) is 8.50. The predicted molar refractivity (Wildman–Crippen MR) is 121 cm³/mol. The maximum atomic E-state index is 4.38. The molecule has 3 rings (SSSR count). The average Bonchev–Trinajstić information content (AvgIpc) is 2.63. The number of hydrogen-bond donors (Lipinski definition) is 1. The van der Waals surface area contributed by atoms with Crippen LogP contribution in [0.4, 0.5) is 0 Å². The van der Waals surface area contributed by atoms with Gasteiger partial charge >= 0.3 is 0 Å². The Hall–Kier alpha value is -1.46. The number of hydrogen-bond acceptors (Lipinski definition) is 2. The smallest absolute Gasteiger partial charge is 0.0607 e. The number of rotatable bonds is 5. The van der Waals surface area contributed by atoms with Crippen LogP contribution in [0.15, 0.2) is 35.1 Å². The first-order valence-corrected chi connectivity index (χ1v) is 11.4. The van der Waals surface area contributed by atoms with Crippen LogP contribution in [0.25, 0.3) is 0 Å². The van der Waals surface area contributed by atoms with E-state index in [1.165, 1.54) is 61.9 Å². The number of piperidine rings is 1. The van der Waals surface area contributed by atoms with E-state index in [1.807, 2.05) is 7.05 Å². The van der Waals surface area contributed by atoms with E-state index in [2.05, 4.69) is 62.4 Å². The molecular weight excluding hydrogens is 340 g/mol. The Morgan fingerprint density at radius 1 is 1.29 bits per heavy atom. The molecule has 1 saturated carbocycles. The summed E-state index contributed by atoms with van der Waals surface area (Å²) < 4.78 is 0. The minimum Gasteiger partial charge on any atom is -0.391 e. The minimum absolute atomic E-state index is 0.140. The summed E-state index contributed by atoms with van der Waals surface area (Å²) in [6.45, 7) is 15.9. The summed E-state index contributed by atoms with van der Waals surface area (Å²) >= 11 is 0. The fraction of sp³-hybridized carbons (Fsp3) is 0.692. The molecule has 2 heteroatoms. The molecule has 1 atom stereocenters. The monoisotopic (exact) mass is 380 g/mol. The van der Waals surface area contributed by atoms with Crippen LogP contribution in [0.3, 0.4) is 0 Å². The molecule has 2 aliphatic carbocycles. The van der Waals surface area contributed by atoms with E-state index in [-0.39, 0.29) is 10.8 Å². The maximum Gasteiger partial charge on any atom is 0.0607 e. The van der Waals surface area contributed by atoms with Gasteiger partial charge in [-0.25, -0.2) is 0 Å². The van der Waals surface area contributed by atoms with Gasteiger partial charge in [0, 0.05) is 29.8 Å². The number of allylic oxidation sites excluding steroid dienone is 4. The Morgan fingerprint density at radius 3 is 2.61 bits per heavy atom. The molecule has 0 aromatic carbocycles. The van der Waals surface area contributed by atoms with Gasteiger partial charge in [0.2, 0.25) is 0 Å². The van der Waals surface area contributed by atoms with Crippen molar-refractivity contribution in [2.75, 3.05) is 20.1 Å². The van der Waals surface area contributed by atoms with Crippen LogP contribution in [0, 0.1) is 22.7 Å². The normalized spacial score (nSPS) is 26.6. The largest absolute Gasteiger partial charge is 0.391 e. The van der Waals surface area contributed by atoms with Gasteiger partial charge in [-0.1, -0.05) is 63.7 Å². The predicted octanol–water partition coefficient (Wildman–Crippen LogP) is 5.83. The number of likely N-dealkylation sites (tertiary alicyclic amines) is 1. The lowest BCUT2D eigenvalue weighted by Gasteiger charge is -2.52. The van der Waals surface area contributed by atoms with Crippen LogP contribution >= 0.6 is 0 Å². The van der Waals surface area contributed by atoms with Crippen molar-refractivity contribution in [3.63, 3.8) is 0 Å². The van der Waals surface area contributed by atoms with Crippen molar-refractivity contribution in [1.29, 1.82) is 0 Å². The molecule has 1 saturated heterocycles. The van der Waals surface area contributed by atoms with Crippen LogP contribution in [0.5, 0.6) is 0 Å². The van der Waals surface area contributed by atoms with Crippen LogP contribution in [0.2, 0.25) is 0 Å². The van der Waals surface area contributed by atoms with Gasteiger partial charge in [-0.15, -0.1) is 0 Å². The number of nitrogens with one attached hydrogen (secondary N) is 1. The zero-order valence-corrected chi connectivity index (χ0v) is 18.9. The third-order valence-corrected chi connectivity index (χ3v) is 7.50. The summed E-state index contributed by atoms with van der Waals surface area (Å²) in [7, 11) is 2.02. The first-order chi connectivity index (χ1) is 13.3. The fourth-order valence-corrected chi connectivity index (χ4v) is 5.48. The second-order valence-electron chi connectivity index (χ2n) is 9.76. The summed E-state index contributed by atoms with van der Waals surface area (Å²) in [4.78, 5) is 2.55. The first-order valence-electron chi connectivity index (χ1n) is 11.4. The van der Waals surface area contributed by atoms with Crippen molar-refractivity contribution in [2.45, 2.75) is 85.1 Å². The Labute approximate surface area is 173 Å². The van der Waals surface area contributed by atoms with Gasteiger partial charge in [0.25, 0.3) is 0 Å². The Kier molecular flexibility index (Phi) is 6.45. The molecule has 1 aliphatic heterocycles. The van der Waals surface area contributed by atoms with Crippen LogP contribution in [-0.2, 0) is 0 Å². The van der Waals surface area contributed by atoms with E-state index in [4.69, 9.17) is 0 Å². The molecule has 0 spiro atoms. The van der Waals surface area contributed by atoms with E-state index >= 15 is 0 Å². The highest BCUT2D eigenvalue weighted by molar-refractivity contribution is 5.50. The lowest BCUT2D eigenvalue weighted by atomic mass is 9.54. The zero-order valence-electron chi connectivity index (χ0n) is 18.9. The Morgan fingerprint density at radius 2 is 2.04 bits per heavy atom. The maximum absolute atomic E-state index is 4.38. The SMILES string of the molecule is C=C(NC)C1(C2=CC(CC)=C(C#CCN3CCCCC3C)CC2(C)C)CCC1. The summed E-state index contributed by atoms with van der Waals surface area (Å²) in [6.07, 6.45) is 12.4. The van der Waals surface area contributed by atoms with Gasteiger partial charge < -0.3 is 5.32 Å². The third kappa shape index (κ3) is 3.97. The number of nitrogens with zero attached hydrogens (tertiary/aromatic N) is 1. The van der Waals surface area contributed by atoms with E-state index in [1.54, 1.807) is 5.57 Å². The second-order valence-corrected chi connectivity index (χ2v) is 9.76. The van der Waals surface area contributed by atoms with Gasteiger partial charge in [0.05, 0.1) is 6.54 Å². The standard InChI is InChI=1S/C26H40N2/c1-7-22-18-24(26(14-11-15-26)21(3)27-6)25(4,5)19-23(22)13-10-17-28-16-9-8-12-20(28)2/h18,20,27H,3,7-9,11-12,14-17,19H2,1-2,4-6H3. The summed E-state index contributed by atoms with van der Waals surface area (Å²) in [5.41, 5.74) is 5.89. The summed E-state index contributed by atoms with van der Waals surface area (Å²) in [6, 6.07) is 0.683. The molecule has 0 bridgehead atoms. The summed E-state index contributed by atoms with van der Waals surface area (Å²) in [5.74, 6) is 7.13. The van der Waals surface area contributed by atoms with Gasteiger partial charge in [0.1, 0.15) is 0 Å². The van der Waals surface area contributed by atoms with Gasteiger partial charge in [-0.2, -0.15) is 0 Å². The molecule has 0 radical (unpaired) electrons. The highest BCUT2D eigenvalue weighted by Crippen LogP contribution is 2.59. The van der Waals surface area contributed by atoms with Crippen molar-refractivity contribution >= 4 is 0 Å². The molecule has 1 heterocycles. The van der Waals surface area contributed by atoms with Crippen molar-refractivity contribution in [3.05, 3.63) is 35.1 Å². The van der Waals surface area contributed by atoms with E-state index in [9.17, 15) is 0 Å². The Balaban J connectivity index is 1.86. The summed E-state index contributed by atoms with van der Waals surface area (Å²) in [5, 5.41) is 3.38. The molecular formula is C26H40N2. The zero-order chi connectivity index (χ0) is 20.4. The topological polar surface area (TPSA) is 15.3 Å². The van der Waals surface area contributed by atoms with E-state index < -0.39 is 0 Å². The van der Waals surface area contributed by atoms with Crippen LogP contribution in [0.1, 0.15) is 79.1 Å². The highest BCUT2D eigenvalue weighted by Gasteiger charge is 2.48. The molecule has 1 unspecified atom stereocenters. The van der Waals surface area contributed by atoms with Crippen molar-refractivity contribution in [2.24, 2.45) is 10.8 Å². The molecule has 1 N–H and O–H groups in total. The van der Waals surface area contributed by atoms with Gasteiger partial charge in [-0.3, -0.25) is 4.90 Å². The van der Waals surface area contributed by atoms with E-state index in [0.29, 0.717) is 6.04 Å². The average molecular weight is 381 g/mol. The van der Waals surface area contributed by atoms with Gasteiger partial charge in [-0.05, 0) is 63.0 Å². The van der Waals surface area contributed by atoms with Crippen LogP contribution in [-0.4, -0.2) is 31.1 Å². The molecule has 0 aromatic heterocycles.